The van der Waals surface area contributed by atoms with Gasteiger partial charge >= 0.3 is 18.2 Å². The van der Waals surface area contributed by atoms with E-state index < -0.39 is 52.6 Å². The average Bonchev–Trinajstić information content (AvgIpc) is 2.71. The molecule has 2 aromatic carbocycles. The van der Waals surface area contributed by atoms with Gasteiger partial charge in [-0.05, 0) is 32.0 Å². The van der Waals surface area contributed by atoms with Gasteiger partial charge in [0.05, 0.1) is 27.4 Å². The molecule has 0 saturated heterocycles. The van der Waals surface area contributed by atoms with Crippen LogP contribution in [0, 0.1) is 10.1 Å². The topological polar surface area (TPSA) is 140 Å². The summed E-state index contributed by atoms with van der Waals surface area (Å²) < 4.78 is 44.5. The maximum atomic E-state index is 13.2. The molecular weight excluding hydrogens is 449 g/mol. The van der Waals surface area contributed by atoms with Crippen molar-refractivity contribution in [2.24, 2.45) is 0 Å². The number of esters is 1. The molecule has 3 amide bonds. The van der Waals surface area contributed by atoms with E-state index in [4.69, 9.17) is 4.74 Å². The van der Waals surface area contributed by atoms with Crippen molar-refractivity contribution in [3.8, 4) is 0 Å². The van der Waals surface area contributed by atoms with E-state index in [1.54, 1.807) is 19.9 Å². The lowest BCUT2D eigenvalue weighted by Crippen LogP contribution is -2.34. The van der Waals surface area contributed by atoms with Crippen molar-refractivity contribution in [3.63, 3.8) is 0 Å². The van der Waals surface area contributed by atoms with E-state index in [0.717, 1.165) is 12.1 Å². The van der Waals surface area contributed by atoms with E-state index >= 15 is 0 Å². The number of carbonyl (C=O) groups is 3. The van der Waals surface area contributed by atoms with Gasteiger partial charge in [-0.1, -0.05) is 12.1 Å². The van der Waals surface area contributed by atoms with E-state index in [1.165, 1.54) is 18.2 Å². The molecule has 0 bridgehead atoms. The fourth-order valence-corrected chi connectivity index (χ4v) is 2.58. The molecule has 0 aliphatic heterocycles. The van der Waals surface area contributed by atoms with E-state index in [0.29, 0.717) is 0 Å². The SMILES string of the molecule is CC(C)NC(=O)Nc1ccccc1C(=O)OCC(=O)Nc1ccc([N+](=O)[O-])cc1C(F)(F)F. The maximum absolute atomic E-state index is 13.2. The number of ether oxygens (including phenoxy) is 1. The Hall–Kier alpha value is -4.16. The summed E-state index contributed by atoms with van der Waals surface area (Å²) in [5.41, 5.74) is -2.97. The van der Waals surface area contributed by atoms with Crippen molar-refractivity contribution in [2.45, 2.75) is 26.1 Å². The van der Waals surface area contributed by atoms with Gasteiger partial charge < -0.3 is 20.7 Å². The van der Waals surface area contributed by atoms with Gasteiger partial charge in [0.2, 0.25) is 0 Å². The fraction of sp³-hybridized carbons (Fsp3) is 0.250. The number of hydrogen-bond donors (Lipinski definition) is 3. The molecule has 0 heterocycles. The molecular formula is C20H19F3N4O6. The molecule has 0 atom stereocenters. The Morgan fingerprint density at radius 3 is 2.33 bits per heavy atom. The summed E-state index contributed by atoms with van der Waals surface area (Å²) in [7, 11) is 0. The lowest BCUT2D eigenvalue weighted by molar-refractivity contribution is -0.385. The number of nitro groups is 1. The third-order valence-electron chi connectivity index (χ3n) is 3.94. The molecule has 0 unspecified atom stereocenters. The van der Waals surface area contributed by atoms with Gasteiger partial charge in [-0.15, -0.1) is 0 Å². The number of carbonyl (C=O) groups excluding carboxylic acids is 3. The van der Waals surface area contributed by atoms with Gasteiger partial charge in [0.1, 0.15) is 0 Å². The standard InChI is InChI=1S/C20H19F3N4O6/c1-11(2)24-19(30)26-15-6-4-3-5-13(15)18(29)33-10-17(28)25-16-8-7-12(27(31)32)9-14(16)20(21,22)23/h3-9,11H,10H2,1-2H3,(H,25,28)(H2,24,26,30). The Morgan fingerprint density at radius 1 is 1.06 bits per heavy atom. The molecule has 13 heteroatoms. The fourth-order valence-electron chi connectivity index (χ4n) is 2.58. The van der Waals surface area contributed by atoms with Gasteiger partial charge in [0.25, 0.3) is 11.6 Å². The van der Waals surface area contributed by atoms with Crippen LogP contribution in [-0.2, 0) is 15.7 Å². The molecule has 0 aliphatic rings. The Kier molecular flexibility index (Phi) is 7.94. The van der Waals surface area contributed by atoms with E-state index in [1.807, 2.05) is 5.32 Å². The van der Waals surface area contributed by atoms with Crippen molar-refractivity contribution >= 4 is 35.0 Å². The van der Waals surface area contributed by atoms with Crippen LogP contribution in [0.2, 0.25) is 0 Å². The van der Waals surface area contributed by atoms with Crippen molar-refractivity contribution < 1.29 is 37.2 Å². The quantitative estimate of drug-likeness (QED) is 0.320. The summed E-state index contributed by atoms with van der Waals surface area (Å²) in [6, 6.07) is 6.82. The molecule has 176 valence electrons. The van der Waals surface area contributed by atoms with Crippen LogP contribution < -0.4 is 16.0 Å². The molecule has 0 radical (unpaired) electrons. The van der Waals surface area contributed by atoms with Gasteiger partial charge in [0.15, 0.2) is 6.61 Å². The molecule has 3 N–H and O–H groups in total. The van der Waals surface area contributed by atoms with Crippen LogP contribution in [0.1, 0.15) is 29.8 Å². The minimum absolute atomic E-state index is 0.0875. The lowest BCUT2D eigenvalue weighted by atomic mass is 10.1. The number of anilines is 2. The zero-order chi connectivity index (χ0) is 24.8. The number of nitrogens with one attached hydrogen (secondary N) is 3. The largest absolute Gasteiger partial charge is 0.452 e. The Bertz CT molecular complexity index is 1070. The van der Waals surface area contributed by atoms with Crippen LogP contribution in [-0.4, -0.2) is 35.5 Å². The summed E-state index contributed by atoms with van der Waals surface area (Å²) in [5, 5.41) is 17.7. The highest BCUT2D eigenvalue weighted by molar-refractivity contribution is 6.02. The molecule has 0 aromatic heterocycles. The second kappa shape index (κ2) is 10.4. The molecule has 2 aromatic rings. The second-order valence-corrected chi connectivity index (χ2v) is 6.91. The predicted octanol–water partition coefficient (Wildman–Crippen LogP) is 3.94. The third kappa shape index (κ3) is 7.19. The highest BCUT2D eigenvalue weighted by Crippen LogP contribution is 2.37. The van der Waals surface area contributed by atoms with Crippen molar-refractivity contribution in [3.05, 3.63) is 63.7 Å². The smallest absolute Gasteiger partial charge is 0.418 e. The van der Waals surface area contributed by atoms with Crippen LogP contribution in [0.15, 0.2) is 42.5 Å². The van der Waals surface area contributed by atoms with Crippen LogP contribution in [0.25, 0.3) is 0 Å². The monoisotopic (exact) mass is 468 g/mol. The number of benzene rings is 2. The van der Waals surface area contributed by atoms with Crippen LogP contribution in [0.5, 0.6) is 0 Å². The van der Waals surface area contributed by atoms with Gasteiger partial charge in [-0.3, -0.25) is 14.9 Å². The lowest BCUT2D eigenvalue weighted by Gasteiger charge is -2.14. The first-order valence-electron chi connectivity index (χ1n) is 9.37. The minimum atomic E-state index is -4.98. The third-order valence-corrected chi connectivity index (χ3v) is 3.94. The number of alkyl halides is 3. The highest BCUT2D eigenvalue weighted by Gasteiger charge is 2.35. The summed E-state index contributed by atoms with van der Waals surface area (Å²) in [6.07, 6.45) is -4.98. The number of hydrogen-bond acceptors (Lipinski definition) is 6. The van der Waals surface area contributed by atoms with Gasteiger partial charge in [-0.25, -0.2) is 9.59 Å². The van der Waals surface area contributed by atoms with Crippen molar-refractivity contribution in [1.29, 1.82) is 0 Å². The number of nitro benzene ring substituents is 1. The number of halogens is 3. The normalized spacial score (nSPS) is 11.0. The summed E-state index contributed by atoms with van der Waals surface area (Å²) >= 11 is 0. The Labute approximate surface area is 185 Å². The minimum Gasteiger partial charge on any atom is -0.452 e. The Morgan fingerprint density at radius 2 is 1.73 bits per heavy atom. The molecule has 0 spiro atoms. The molecule has 10 nitrogen and oxygen atoms in total. The predicted molar refractivity (Wildman–Crippen MR) is 111 cm³/mol. The number of para-hydroxylation sites is 1. The molecule has 33 heavy (non-hydrogen) atoms. The Balaban J connectivity index is 2.09. The molecule has 0 fully saturated rings. The number of urea groups is 1. The molecule has 0 saturated carbocycles. The van der Waals surface area contributed by atoms with Crippen LogP contribution in [0.3, 0.4) is 0 Å². The van der Waals surface area contributed by atoms with Crippen LogP contribution >= 0.6 is 0 Å². The zero-order valence-electron chi connectivity index (χ0n) is 17.4. The molecule has 0 aliphatic carbocycles. The number of rotatable bonds is 7. The first-order chi connectivity index (χ1) is 15.4. The second-order valence-electron chi connectivity index (χ2n) is 6.91. The zero-order valence-corrected chi connectivity index (χ0v) is 17.4. The van der Waals surface area contributed by atoms with E-state index in [2.05, 4.69) is 10.6 Å². The van der Waals surface area contributed by atoms with Gasteiger partial charge in [-0.2, -0.15) is 13.2 Å². The summed E-state index contributed by atoms with van der Waals surface area (Å²) in [5.74, 6) is -2.11. The number of non-ortho nitro benzene ring substituents is 1. The molecule has 2 rings (SSSR count). The average molecular weight is 468 g/mol. The van der Waals surface area contributed by atoms with Crippen LogP contribution in [0.4, 0.5) is 35.0 Å². The van der Waals surface area contributed by atoms with E-state index in [-0.39, 0.29) is 23.4 Å². The number of nitrogens with zero attached hydrogens (tertiary/aromatic N) is 1. The summed E-state index contributed by atoms with van der Waals surface area (Å²) in [6.45, 7) is 2.51. The number of amides is 3. The van der Waals surface area contributed by atoms with E-state index in [9.17, 15) is 37.7 Å². The highest BCUT2D eigenvalue weighted by atomic mass is 19.4. The van der Waals surface area contributed by atoms with Gasteiger partial charge in [0, 0.05) is 18.2 Å². The maximum Gasteiger partial charge on any atom is 0.418 e. The first kappa shape index (κ1) is 25.1. The first-order valence-corrected chi connectivity index (χ1v) is 9.37. The van der Waals surface area contributed by atoms with Crippen molar-refractivity contribution in [2.75, 3.05) is 17.2 Å². The van der Waals surface area contributed by atoms with Crippen molar-refractivity contribution in [1.82, 2.24) is 5.32 Å². The summed E-state index contributed by atoms with van der Waals surface area (Å²) in [4.78, 5) is 46.0.